The third kappa shape index (κ3) is 5.50. The van der Waals surface area contributed by atoms with Gasteiger partial charge in [0.25, 0.3) is 0 Å². The predicted molar refractivity (Wildman–Crippen MR) is 109 cm³/mol. The topological polar surface area (TPSA) is 18.5 Å². The molecule has 0 heterocycles. The zero-order chi connectivity index (χ0) is 18.2. The Morgan fingerprint density at radius 3 is 2.40 bits per heavy atom. The average molecular weight is 397 g/mol. The van der Waals surface area contributed by atoms with Gasteiger partial charge in [-0.05, 0) is 34.9 Å². The Balaban J connectivity index is 2.14. The molecule has 128 valence electrons. The van der Waals surface area contributed by atoms with Gasteiger partial charge in [-0.1, -0.05) is 72.1 Å². The molecular formula is C22H21BrO2. The second kappa shape index (κ2) is 9.09. The molecule has 0 saturated heterocycles. The van der Waals surface area contributed by atoms with Crippen LogP contribution in [0.15, 0.2) is 90.5 Å². The summed E-state index contributed by atoms with van der Waals surface area (Å²) in [6, 6.07) is 15.7. The first-order valence-electron chi connectivity index (χ1n) is 7.77. The van der Waals surface area contributed by atoms with Gasteiger partial charge >= 0.3 is 0 Å². The minimum Gasteiger partial charge on any atom is -0.496 e. The molecular weight excluding hydrogens is 376 g/mol. The van der Waals surface area contributed by atoms with E-state index in [4.69, 9.17) is 9.47 Å². The number of methoxy groups -OCH3 is 1. The summed E-state index contributed by atoms with van der Waals surface area (Å²) in [5.41, 5.74) is 3.57. The molecule has 2 aromatic carbocycles. The van der Waals surface area contributed by atoms with Crippen LogP contribution in [0, 0.1) is 0 Å². The van der Waals surface area contributed by atoms with Gasteiger partial charge in [0.2, 0.25) is 0 Å². The van der Waals surface area contributed by atoms with Crippen molar-refractivity contribution in [2.24, 2.45) is 0 Å². The summed E-state index contributed by atoms with van der Waals surface area (Å²) in [6.07, 6.45) is 3.69. The lowest BCUT2D eigenvalue weighted by atomic mass is 9.99. The molecule has 0 aliphatic rings. The largest absolute Gasteiger partial charge is 0.496 e. The van der Waals surface area contributed by atoms with Gasteiger partial charge in [0.1, 0.15) is 18.1 Å². The zero-order valence-corrected chi connectivity index (χ0v) is 15.9. The highest BCUT2D eigenvalue weighted by molar-refractivity contribution is 9.11. The molecule has 0 fully saturated rings. The van der Waals surface area contributed by atoms with Crippen molar-refractivity contribution in [2.75, 3.05) is 7.11 Å². The fraction of sp³-hybridized carbons (Fsp3) is 0.0909. The van der Waals surface area contributed by atoms with Crippen molar-refractivity contribution < 1.29 is 9.47 Å². The molecule has 2 nitrogen and oxygen atoms in total. The van der Waals surface area contributed by atoms with E-state index in [2.05, 4.69) is 35.7 Å². The van der Waals surface area contributed by atoms with Crippen molar-refractivity contribution in [2.45, 2.75) is 6.61 Å². The van der Waals surface area contributed by atoms with E-state index in [0.717, 1.165) is 32.5 Å². The van der Waals surface area contributed by atoms with E-state index in [-0.39, 0.29) is 0 Å². The number of hydrogen-bond acceptors (Lipinski definition) is 2. The number of halogens is 1. The second-order valence-corrected chi connectivity index (χ2v) is 6.44. The van der Waals surface area contributed by atoms with Crippen molar-refractivity contribution in [3.05, 3.63) is 102 Å². The molecule has 0 aromatic heterocycles. The SMILES string of the molecule is C=C(Br)/C=C\C(=C)C(=C)c1ccc(OCc2ccccc2)cc1OC. The molecule has 0 bridgehead atoms. The molecule has 0 unspecified atom stereocenters. The van der Waals surface area contributed by atoms with Crippen molar-refractivity contribution in [3.8, 4) is 11.5 Å². The highest BCUT2D eigenvalue weighted by atomic mass is 79.9. The van der Waals surface area contributed by atoms with Crippen LogP contribution in [0.2, 0.25) is 0 Å². The van der Waals surface area contributed by atoms with Gasteiger partial charge in [-0.3, -0.25) is 0 Å². The van der Waals surface area contributed by atoms with Crippen LogP contribution < -0.4 is 9.47 Å². The molecule has 2 aromatic rings. The van der Waals surface area contributed by atoms with Gasteiger partial charge in [-0.25, -0.2) is 0 Å². The Hall–Kier alpha value is -2.52. The zero-order valence-electron chi connectivity index (χ0n) is 14.3. The minimum absolute atomic E-state index is 0.507. The summed E-state index contributed by atoms with van der Waals surface area (Å²) < 4.78 is 12.1. The van der Waals surface area contributed by atoms with Crippen LogP contribution in [0.25, 0.3) is 5.57 Å². The Kier molecular flexibility index (Phi) is 6.84. The molecule has 0 spiro atoms. The quantitative estimate of drug-likeness (QED) is 0.486. The van der Waals surface area contributed by atoms with E-state index >= 15 is 0 Å². The van der Waals surface area contributed by atoms with Gasteiger partial charge in [-0.2, -0.15) is 0 Å². The lowest BCUT2D eigenvalue weighted by Crippen LogP contribution is -1.97. The molecule has 2 rings (SSSR count). The molecule has 0 atom stereocenters. The van der Waals surface area contributed by atoms with Crippen LogP contribution in [0.5, 0.6) is 11.5 Å². The van der Waals surface area contributed by atoms with Crippen LogP contribution in [-0.4, -0.2) is 7.11 Å². The summed E-state index contributed by atoms with van der Waals surface area (Å²) in [6.45, 7) is 12.4. The molecule has 0 saturated carbocycles. The fourth-order valence-electron chi connectivity index (χ4n) is 2.22. The molecule has 3 heteroatoms. The van der Waals surface area contributed by atoms with Crippen molar-refractivity contribution >= 4 is 21.5 Å². The Morgan fingerprint density at radius 1 is 1.04 bits per heavy atom. The number of hydrogen-bond donors (Lipinski definition) is 0. The number of ether oxygens (including phenoxy) is 2. The highest BCUT2D eigenvalue weighted by Gasteiger charge is 2.10. The first-order valence-corrected chi connectivity index (χ1v) is 8.56. The van der Waals surface area contributed by atoms with Crippen LogP contribution in [0.4, 0.5) is 0 Å². The van der Waals surface area contributed by atoms with Gasteiger partial charge in [0.05, 0.1) is 7.11 Å². The average Bonchev–Trinajstić information content (AvgIpc) is 2.64. The Bertz CT molecular complexity index is 804. The number of benzene rings is 2. The molecule has 0 aliphatic heterocycles. The van der Waals surface area contributed by atoms with E-state index in [0.29, 0.717) is 12.4 Å². The van der Waals surface area contributed by atoms with Gasteiger partial charge in [0.15, 0.2) is 0 Å². The van der Waals surface area contributed by atoms with Crippen molar-refractivity contribution in [3.63, 3.8) is 0 Å². The van der Waals surface area contributed by atoms with E-state index < -0.39 is 0 Å². The highest BCUT2D eigenvalue weighted by Crippen LogP contribution is 2.33. The molecule has 0 aliphatic carbocycles. The third-order valence-corrected chi connectivity index (χ3v) is 3.86. The summed E-state index contributed by atoms with van der Waals surface area (Å²) in [5.74, 6) is 1.44. The Morgan fingerprint density at radius 2 is 1.76 bits per heavy atom. The monoisotopic (exact) mass is 396 g/mol. The van der Waals surface area contributed by atoms with E-state index in [1.54, 1.807) is 7.11 Å². The van der Waals surface area contributed by atoms with Crippen molar-refractivity contribution in [1.82, 2.24) is 0 Å². The smallest absolute Gasteiger partial charge is 0.130 e. The minimum atomic E-state index is 0.507. The summed E-state index contributed by atoms with van der Waals surface area (Å²) >= 11 is 3.29. The third-order valence-electron chi connectivity index (χ3n) is 3.60. The molecule has 25 heavy (non-hydrogen) atoms. The fourth-order valence-corrected chi connectivity index (χ4v) is 2.35. The van der Waals surface area contributed by atoms with E-state index in [9.17, 15) is 0 Å². The summed E-state index contributed by atoms with van der Waals surface area (Å²) in [4.78, 5) is 0. The molecule has 0 N–H and O–H groups in total. The van der Waals surface area contributed by atoms with Crippen LogP contribution in [0.1, 0.15) is 11.1 Å². The summed E-state index contributed by atoms with van der Waals surface area (Å²) in [7, 11) is 1.63. The van der Waals surface area contributed by atoms with Crippen LogP contribution in [0.3, 0.4) is 0 Å². The first kappa shape index (κ1) is 18.8. The van der Waals surface area contributed by atoms with Crippen molar-refractivity contribution in [1.29, 1.82) is 0 Å². The lowest BCUT2D eigenvalue weighted by Gasteiger charge is -2.14. The first-order chi connectivity index (χ1) is 12.0. The van der Waals surface area contributed by atoms with E-state index in [1.165, 1.54) is 0 Å². The number of rotatable bonds is 8. The normalized spacial score (nSPS) is 10.5. The van der Waals surface area contributed by atoms with Crippen LogP contribution in [-0.2, 0) is 6.61 Å². The van der Waals surface area contributed by atoms with Gasteiger partial charge in [-0.15, -0.1) is 0 Å². The maximum Gasteiger partial charge on any atom is 0.130 e. The van der Waals surface area contributed by atoms with Gasteiger partial charge < -0.3 is 9.47 Å². The predicted octanol–water partition coefficient (Wildman–Crippen LogP) is 6.31. The van der Waals surface area contributed by atoms with E-state index in [1.807, 2.05) is 60.7 Å². The summed E-state index contributed by atoms with van der Waals surface area (Å²) in [5, 5.41) is 0. The van der Waals surface area contributed by atoms with Gasteiger partial charge in [0, 0.05) is 16.1 Å². The number of allylic oxidation sites excluding steroid dienone is 5. The van der Waals surface area contributed by atoms with Crippen LogP contribution >= 0.6 is 15.9 Å². The Labute approximate surface area is 157 Å². The molecule has 0 amide bonds. The lowest BCUT2D eigenvalue weighted by molar-refractivity contribution is 0.303. The maximum absolute atomic E-state index is 5.84. The molecule has 0 radical (unpaired) electrons. The second-order valence-electron chi connectivity index (χ2n) is 5.42. The maximum atomic E-state index is 5.84. The standard InChI is InChI=1S/C22H21BrO2/c1-16(10-11-17(2)23)18(3)21-13-12-20(14-22(21)24-4)25-15-19-8-6-5-7-9-19/h5-14H,1-3,15H2,4H3/b11-10-.